The lowest BCUT2D eigenvalue weighted by Gasteiger charge is -2.07. The summed E-state index contributed by atoms with van der Waals surface area (Å²) in [5.74, 6) is -0.602. The summed E-state index contributed by atoms with van der Waals surface area (Å²) < 4.78 is 6.42. The first-order valence-corrected chi connectivity index (χ1v) is 5.39. The topological polar surface area (TPSA) is 64.2 Å². The van der Waals surface area contributed by atoms with Crippen molar-refractivity contribution in [3.8, 4) is 0 Å². The van der Waals surface area contributed by atoms with E-state index in [1.54, 1.807) is 25.2 Å². The molecule has 1 N–H and O–H groups in total. The van der Waals surface area contributed by atoms with Crippen molar-refractivity contribution in [1.82, 2.24) is 9.88 Å². The molecule has 1 aromatic heterocycles. The molecule has 2 rings (SSSR count). The van der Waals surface area contributed by atoms with Crippen molar-refractivity contribution in [2.45, 2.75) is 19.9 Å². The van der Waals surface area contributed by atoms with Crippen molar-refractivity contribution in [2.24, 2.45) is 7.05 Å². The van der Waals surface area contributed by atoms with E-state index < -0.39 is 5.76 Å². The Morgan fingerprint density at radius 3 is 2.76 bits per heavy atom. The van der Waals surface area contributed by atoms with Crippen LogP contribution in [0.15, 0.2) is 27.4 Å². The number of oxazole rings is 1. The van der Waals surface area contributed by atoms with Gasteiger partial charge in [-0.25, -0.2) is 4.79 Å². The first-order valence-electron chi connectivity index (χ1n) is 5.39. The zero-order valence-electron chi connectivity index (χ0n) is 9.98. The molecule has 0 aliphatic carbocycles. The quantitative estimate of drug-likeness (QED) is 0.851. The first kappa shape index (κ1) is 11.4. The molecule has 0 fully saturated rings. The van der Waals surface area contributed by atoms with Crippen molar-refractivity contribution in [2.75, 3.05) is 0 Å². The minimum absolute atomic E-state index is 0.0704. The molecule has 0 aliphatic rings. The smallest absolute Gasteiger partial charge is 0.408 e. The Kier molecular flexibility index (Phi) is 2.75. The highest BCUT2D eigenvalue weighted by Gasteiger charge is 2.11. The fourth-order valence-corrected chi connectivity index (χ4v) is 1.62. The van der Waals surface area contributed by atoms with Crippen molar-refractivity contribution in [1.29, 1.82) is 0 Å². The van der Waals surface area contributed by atoms with Gasteiger partial charge in [-0.1, -0.05) is 0 Å². The second-order valence-electron chi connectivity index (χ2n) is 4.24. The number of hydrogen-bond donors (Lipinski definition) is 1. The van der Waals surface area contributed by atoms with Gasteiger partial charge in [0.2, 0.25) is 0 Å². The molecule has 0 saturated carbocycles. The fourth-order valence-electron chi connectivity index (χ4n) is 1.62. The summed E-state index contributed by atoms with van der Waals surface area (Å²) in [4.78, 5) is 23.0. The Morgan fingerprint density at radius 1 is 1.41 bits per heavy atom. The van der Waals surface area contributed by atoms with Crippen LogP contribution >= 0.6 is 0 Å². The van der Waals surface area contributed by atoms with Gasteiger partial charge in [-0.2, -0.15) is 0 Å². The van der Waals surface area contributed by atoms with E-state index in [4.69, 9.17) is 4.42 Å². The van der Waals surface area contributed by atoms with Crippen LogP contribution in [0, 0.1) is 0 Å². The van der Waals surface area contributed by atoms with E-state index >= 15 is 0 Å². The van der Waals surface area contributed by atoms with Crippen molar-refractivity contribution in [3.63, 3.8) is 0 Å². The lowest BCUT2D eigenvalue weighted by Crippen LogP contribution is -2.29. The predicted molar refractivity (Wildman–Crippen MR) is 64.1 cm³/mol. The van der Waals surface area contributed by atoms with E-state index in [1.807, 2.05) is 13.8 Å². The molecule has 1 amide bonds. The van der Waals surface area contributed by atoms with E-state index in [0.717, 1.165) is 0 Å². The van der Waals surface area contributed by atoms with Crippen molar-refractivity contribution in [3.05, 3.63) is 34.3 Å². The maximum Gasteiger partial charge on any atom is 0.419 e. The Bertz CT molecular complexity index is 622. The summed E-state index contributed by atoms with van der Waals surface area (Å²) in [5, 5.41) is 2.78. The third-order valence-electron chi connectivity index (χ3n) is 2.47. The lowest BCUT2D eigenvalue weighted by molar-refractivity contribution is 0.0943. The predicted octanol–water partition coefficient (Wildman–Crippen LogP) is 1.27. The minimum atomic E-state index is -0.429. The van der Waals surface area contributed by atoms with E-state index in [-0.39, 0.29) is 11.9 Å². The average molecular weight is 234 g/mol. The Hall–Kier alpha value is -2.04. The number of aryl methyl sites for hydroxylation is 1. The minimum Gasteiger partial charge on any atom is -0.408 e. The van der Waals surface area contributed by atoms with Gasteiger partial charge in [0.15, 0.2) is 5.58 Å². The number of hydrogen-bond acceptors (Lipinski definition) is 3. The number of nitrogens with one attached hydrogen (secondary N) is 1. The van der Waals surface area contributed by atoms with Crippen LogP contribution in [0.2, 0.25) is 0 Å². The highest BCUT2D eigenvalue weighted by atomic mass is 16.4. The van der Waals surface area contributed by atoms with Crippen LogP contribution < -0.4 is 11.1 Å². The van der Waals surface area contributed by atoms with Gasteiger partial charge in [-0.05, 0) is 32.0 Å². The first-order chi connectivity index (χ1) is 7.99. The van der Waals surface area contributed by atoms with Crippen LogP contribution in [0.1, 0.15) is 24.2 Å². The molecule has 1 aromatic carbocycles. The second kappa shape index (κ2) is 4.08. The Labute approximate surface area is 98.0 Å². The van der Waals surface area contributed by atoms with Crippen LogP contribution in [0.5, 0.6) is 0 Å². The normalized spacial score (nSPS) is 11.1. The summed E-state index contributed by atoms with van der Waals surface area (Å²) in [5.41, 5.74) is 1.59. The van der Waals surface area contributed by atoms with Gasteiger partial charge < -0.3 is 9.73 Å². The van der Waals surface area contributed by atoms with Gasteiger partial charge in [0.1, 0.15) is 0 Å². The standard InChI is InChI=1S/C12H14N2O3/c1-7(2)13-11(15)8-4-5-9-10(6-8)17-12(16)14(9)3/h4-7H,1-3H3,(H,13,15). The molecule has 0 aliphatic heterocycles. The molecular formula is C12H14N2O3. The molecule has 1 heterocycles. The van der Waals surface area contributed by atoms with Crippen LogP contribution in [0.3, 0.4) is 0 Å². The molecule has 0 saturated heterocycles. The van der Waals surface area contributed by atoms with Gasteiger partial charge in [0, 0.05) is 18.7 Å². The number of benzene rings is 1. The molecule has 0 unspecified atom stereocenters. The third-order valence-corrected chi connectivity index (χ3v) is 2.47. The zero-order valence-corrected chi connectivity index (χ0v) is 9.98. The summed E-state index contributed by atoms with van der Waals surface area (Å²) in [6.07, 6.45) is 0. The number of aromatic nitrogens is 1. The van der Waals surface area contributed by atoms with E-state index in [0.29, 0.717) is 16.7 Å². The highest BCUT2D eigenvalue weighted by Crippen LogP contribution is 2.14. The largest absolute Gasteiger partial charge is 0.419 e. The van der Waals surface area contributed by atoms with E-state index in [9.17, 15) is 9.59 Å². The third kappa shape index (κ3) is 2.08. The molecule has 0 bridgehead atoms. The number of amides is 1. The van der Waals surface area contributed by atoms with Crippen LogP contribution in [-0.2, 0) is 7.05 Å². The second-order valence-corrected chi connectivity index (χ2v) is 4.24. The molecule has 2 aromatic rings. The van der Waals surface area contributed by atoms with Gasteiger partial charge >= 0.3 is 5.76 Å². The average Bonchev–Trinajstić information content (AvgIpc) is 2.53. The van der Waals surface area contributed by atoms with Gasteiger partial charge in [-0.3, -0.25) is 9.36 Å². The van der Waals surface area contributed by atoms with Gasteiger partial charge in [0.25, 0.3) is 5.91 Å². The Morgan fingerprint density at radius 2 is 2.12 bits per heavy atom. The van der Waals surface area contributed by atoms with Crippen LogP contribution in [-0.4, -0.2) is 16.5 Å². The fraction of sp³-hybridized carbons (Fsp3) is 0.333. The highest BCUT2D eigenvalue weighted by molar-refractivity contribution is 5.97. The zero-order chi connectivity index (χ0) is 12.6. The van der Waals surface area contributed by atoms with E-state index in [1.165, 1.54) is 4.57 Å². The number of carbonyl (C=O) groups is 1. The number of rotatable bonds is 2. The SMILES string of the molecule is CC(C)NC(=O)c1ccc2c(c1)oc(=O)n2C. The monoisotopic (exact) mass is 234 g/mol. The van der Waals surface area contributed by atoms with Crippen LogP contribution in [0.4, 0.5) is 0 Å². The van der Waals surface area contributed by atoms with E-state index in [2.05, 4.69) is 5.32 Å². The summed E-state index contributed by atoms with van der Waals surface area (Å²) >= 11 is 0. The molecule has 90 valence electrons. The molecule has 0 radical (unpaired) electrons. The molecule has 17 heavy (non-hydrogen) atoms. The molecule has 5 nitrogen and oxygen atoms in total. The number of carbonyl (C=O) groups excluding carboxylic acids is 1. The van der Waals surface area contributed by atoms with Crippen LogP contribution in [0.25, 0.3) is 11.1 Å². The molecular weight excluding hydrogens is 220 g/mol. The molecule has 0 atom stereocenters. The maximum atomic E-state index is 11.8. The lowest BCUT2D eigenvalue weighted by atomic mass is 10.2. The summed E-state index contributed by atoms with van der Waals surface area (Å²) in [7, 11) is 1.63. The maximum absolute atomic E-state index is 11.8. The van der Waals surface area contributed by atoms with Crippen molar-refractivity contribution >= 4 is 17.0 Å². The Balaban J connectivity index is 2.45. The summed E-state index contributed by atoms with van der Waals surface area (Å²) in [6, 6.07) is 5.03. The number of fused-ring (bicyclic) bond motifs is 1. The molecule has 5 heteroatoms. The van der Waals surface area contributed by atoms with Crippen molar-refractivity contribution < 1.29 is 9.21 Å². The van der Waals surface area contributed by atoms with Gasteiger partial charge in [0.05, 0.1) is 5.52 Å². The molecule has 0 spiro atoms. The van der Waals surface area contributed by atoms with Gasteiger partial charge in [-0.15, -0.1) is 0 Å². The number of nitrogens with zero attached hydrogens (tertiary/aromatic N) is 1. The summed E-state index contributed by atoms with van der Waals surface area (Å²) in [6.45, 7) is 3.78.